The first kappa shape index (κ1) is 19.9. The Balaban J connectivity index is 1.37. The minimum absolute atomic E-state index is 0.560. The number of ether oxygens (including phenoxy) is 2. The molecule has 1 N–H and O–H groups in total. The van der Waals surface area contributed by atoms with Gasteiger partial charge in [-0.1, -0.05) is 66.7 Å². The molecule has 4 aromatic rings. The number of benzene rings is 3. The number of hydrogen-bond acceptors (Lipinski definition) is 4. The van der Waals surface area contributed by atoms with Gasteiger partial charge in [-0.15, -0.1) is 0 Å². The van der Waals surface area contributed by atoms with Crippen molar-refractivity contribution in [2.24, 2.45) is 0 Å². The van der Waals surface area contributed by atoms with Crippen molar-refractivity contribution in [3.05, 3.63) is 102 Å². The largest absolute Gasteiger partial charge is 0.489 e. The molecular weight excluding hydrogens is 372 g/mol. The highest BCUT2D eigenvalue weighted by Crippen LogP contribution is 2.28. The van der Waals surface area contributed by atoms with Gasteiger partial charge in [0.05, 0.1) is 6.61 Å². The van der Waals surface area contributed by atoms with Crippen molar-refractivity contribution in [2.75, 3.05) is 13.2 Å². The van der Waals surface area contributed by atoms with E-state index in [4.69, 9.17) is 9.47 Å². The predicted octanol–water partition coefficient (Wildman–Crippen LogP) is 5.37. The van der Waals surface area contributed by atoms with Gasteiger partial charge in [-0.05, 0) is 41.4 Å². The van der Waals surface area contributed by atoms with Crippen LogP contribution in [0.1, 0.15) is 17.5 Å². The van der Waals surface area contributed by atoms with Gasteiger partial charge in [0.15, 0.2) is 0 Å². The number of aromatic nitrogens is 1. The van der Waals surface area contributed by atoms with Crippen LogP contribution in [0.15, 0.2) is 91.1 Å². The highest BCUT2D eigenvalue weighted by molar-refractivity contribution is 5.87. The fourth-order valence-electron chi connectivity index (χ4n) is 3.39. The molecule has 3 aromatic carbocycles. The van der Waals surface area contributed by atoms with Crippen LogP contribution in [0.3, 0.4) is 0 Å². The highest BCUT2D eigenvalue weighted by Gasteiger charge is 2.09. The molecule has 0 radical (unpaired) electrons. The van der Waals surface area contributed by atoms with Gasteiger partial charge in [-0.2, -0.15) is 0 Å². The molecule has 0 aliphatic rings. The number of hydrogen-bond donors (Lipinski definition) is 1. The summed E-state index contributed by atoms with van der Waals surface area (Å²) in [6.07, 6.45) is 2.65. The van der Waals surface area contributed by atoms with E-state index in [1.807, 2.05) is 36.4 Å². The molecule has 4 nitrogen and oxygen atoms in total. The molecule has 152 valence electrons. The summed E-state index contributed by atoms with van der Waals surface area (Å²) in [5.41, 5.74) is 2.35. The molecule has 0 saturated heterocycles. The van der Waals surface area contributed by atoms with Gasteiger partial charge in [0, 0.05) is 24.4 Å². The van der Waals surface area contributed by atoms with Crippen molar-refractivity contribution in [2.45, 2.75) is 19.6 Å². The number of pyridine rings is 1. The van der Waals surface area contributed by atoms with Crippen molar-refractivity contribution >= 4 is 10.8 Å². The maximum Gasteiger partial charge on any atom is 0.213 e. The van der Waals surface area contributed by atoms with Crippen molar-refractivity contribution in [1.29, 1.82) is 0 Å². The van der Waals surface area contributed by atoms with Gasteiger partial charge in [0.1, 0.15) is 12.4 Å². The Morgan fingerprint density at radius 3 is 2.47 bits per heavy atom. The third kappa shape index (κ3) is 5.37. The summed E-state index contributed by atoms with van der Waals surface area (Å²) in [4.78, 5) is 4.18. The van der Waals surface area contributed by atoms with E-state index >= 15 is 0 Å². The lowest BCUT2D eigenvalue weighted by atomic mass is 10.0. The Bertz CT molecular complexity index is 1050. The van der Waals surface area contributed by atoms with E-state index in [0.29, 0.717) is 19.1 Å². The van der Waals surface area contributed by atoms with Crippen molar-refractivity contribution in [1.82, 2.24) is 10.3 Å². The first-order chi connectivity index (χ1) is 14.9. The SMILES string of the molecule is c1ccc(COc2ccc3ccccc3c2CNCCCOc2ccccn2)cc1. The molecule has 0 fully saturated rings. The monoisotopic (exact) mass is 398 g/mol. The first-order valence-electron chi connectivity index (χ1n) is 10.3. The van der Waals surface area contributed by atoms with Gasteiger partial charge >= 0.3 is 0 Å². The summed E-state index contributed by atoms with van der Waals surface area (Å²) in [7, 11) is 0. The Hall–Kier alpha value is -3.37. The smallest absolute Gasteiger partial charge is 0.213 e. The molecule has 0 saturated carbocycles. The molecule has 0 bridgehead atoms. The fourth-order valence-corrected chi connectivity index (χ4v) is 3.39. The molecule has 1 heterocycles. The van der Waals surface area contributed by atoms with Crippen LogP contribution in [-0.4, -0.2) is 18.1 Å². The fraction of sp³-hybridized carbons (Fsp3) is 0.192. The van der Waals surface area contributed by atoms with Crippen LogP contribution < -0.4 is 14.8 Å². The van der Waals surface area contributed by atoms with E-state index in [9.17, 15) is 0 Å². The average Bonchev–Trinajstić information content (AvgIpc) is 2.81. The van der Waals surface area contributed by atoms with Crippen LogP contribution in [0.25, 0.3) is 10.8 Å². The normalized spacial score (nSPS) is 10.8. The number of fused-ring (bicyclic) bond motifs is 1. The van der Waals surface area contributed by atoms with E-state index in [1.54, 1.807) is 6.20 Å². The zero-order chi connectivity index (χ0) is 20.4. The third-order valence-electron chi connectivity index (χ3n) is 4.92. The van der Waals surface area contributed by atoms with E-state index < -0.39 is 0 Å². The molecule has 0 aliphatic carbocycles. The zero-order valence-corrected chi connectivity index (χ0v) is 17.0. The molecule has 0 spiro atoms. The summed E-state index contributed by atoms with van der Waals surface area (Å²) in [5.74, 6) is 1.60. The molecule has 4 heteroatoms. The second kappa shape index (κ2) is 10.4. The lowest BCUT2D eigenvalue weighted by Gasteiger charge is -2.15. The van der Waals surface area contributed by atoms with Crippen molar-refractivity contribution in [3.8, 4) is 11.6 Å². The number of nitrogens with zero attached hydrogens (tertiary/aromatic N) is 1. The predicted molar refractivity (Wildman–Crippen MR) is 121 cm³/mol. The molecule has 0 unspecified atom stereocenters. The summed E-state index contributed by atoms with van der Waals surface area (Å²) >= 11 is 0. The number of rotatable bonds is 10. The summed E-state index contributed by atoms with van der Waals surface area (Å²) in [6, 6.07) is 28.6. The van der Waals surface area contributed by atoms with Gasteiger partial charge < -0.3 is 14.8 Å². The van der Waals surface area contributed by atoms with Crippen LogP contribution in [0, 0.1) is 0 Å². The Morgan fingerprint density at radius 2 is 1.60 bits per heavy atom. The van der Waals surface area contributed by atoms with Crippen LogP contribution >= 0.6 is 0 Å². The first-order valence-corrected chi connectivity index (χ1v) is 10.3. The van der Waals surface area contributed by atoms with Gasteiger partial charge in [-0.25, -0.2) is 4.98 Å². The van der Waals surface area contributed by atoms with Crippen LogP contribution in [0.4, 0.5) is 0 Å². The standard InChI is InChI=1S/C26H26N2O2/c1-2-9-21(10-3-1)20-30-25-15-14-22-11-4-5-12-23(22)24(25)19-27-16-8-18-29-26-13-6-7-17-28-26/h1-7,9-15,17,27H,8,16,18-20H2. The molecule has 0 amide bonds. The van der Waals surface area contributed by atoms with E-state index in [2.05, 4.69) is 58.8 Å². The van der Waals surface area contributed by atoms with Gasteiger partial charge in [-0.3, -0.25) is 0 Å². The Labute approximate surface area is 177 Å². The van der Waals surface area contributed by atoms with Crippen molar-refractivity contribution < 1.29 is 9.47 Å². The maximum atomic E-state index is 6.19. The van der Waals surface area contributed by atoms with Gasteiger partial charge in [0.25, 0.3) is 0 Å². The van der Waals surface area contributed by atoms with E-state index in [1.165, 1.54) is 16.3 Å². The van der Waals surface area contributed by atoms with Crippen LogP contribution in [0.2, 0.25) is 0 Å². The topological polar surface area (TPSA) is 43.4 Å². The van der Waals surface area contributed by atoms with E-state index in [-0.39, 0.29) is 0 Å². The minimum Gasteiger partial charge on any atom is -0.489 e. The molecule has 0 atom stereocenters. The lowest BCUT2D eigenvalue weighted by molar-refractivity contribution is 0.294. The second-order valence-electron chi connectivity index (χ2n) is 7.08. The second-order valence-corrected chi connectivity index (χ2v) is 7.08. The molecular formula is C26H26N2O2. The summed E-state index contributed by atoms with van der Waals surface area (Å²) < 4.78 is 11.9. The maximum absolute atomic E-state index is 6.19. The average molecular weight is 399 g/mol. The van der Waals surface area contributed by atoms with E-state index in [0.717, 1.165) is 30.8 Å². The van der Waals surface area contributed by atoms with Crippen molar-refractivity contribution in [3.63, 3.8) is 0 Å². The Kier molecular flexibility index (Phi) is 6.92. The summed E-state index contributed by atoms with van der Waals surface area (Å²) in [6.45, 7) is 2.80. The quantitative estimate of drug-likeness (QED) is 0.365. The minimum atomic E-state index is 0.560. The molecule has 1 aromatic heterocycles. The number of nitrogens with one attached hydrogen (secondary N) is 1. The van der Waals surface area contributed by atoms with Crippen LogP contribution in [0.5, 0.6) is 11.6 Å². The highest BCUT2D eigenvalue weighted by atomic mass is 16.5. The molecule has 30 heavy (non-hydrogen) atoms. The van der Waals surface area contributed by atoms with Crippen LogP contribution in [-0.2, 0) is 13.2 Å². The van der Waals surface area contributed by atoms with Gasteiger partial charge in [0.2, 0.25) is 5.88 Å². The third-order valence-corrected chi connectivity index (χ3v) is 4.92. The molecule has 4 rings (SSSR count). The zero-order valence-electron chi connectivity index (χ0n) is 17.0. The molecule has 0 aliphatic heterocycles. The summed E-state index contributed by atoms with van der Waals surface area (Å²) in [5, 5.41) is 5.98. The lowest BCUT2D eigenvalue weighted by Crippen LogP contribution is -2.18. The Morgan fingerprint density at radius 1 is 0.767 bits per heavy atom.